The minimum atomic E-state index is 0.750. The quantitative estimate of drug-likeness (QED) is 0.559. The van der Waals surface area contributed by atoms with E-state index >= 15 is 0 Å². The Morgan fingerprint density at radius 1 is 1.58 bits per heavy atom. The molecule has 1 aliphatic heterocycles. The lowest BCUT2D eigenvalue weighted by atomic mass is 10.1. The molecule has 1 atom stereocenters. The van der Waals surface area contributed by atoms with Crippen LogP contribution in [0.2, 0.25) is 0 Å². The molecule has 1 nitrogen and oxygen atoms in total. The summed E-state index contributed by atoms with van der Waals surface area (Å²) < 4.78 is 0. The Kier molecular flexibility index (Phi) is 5.68. The Labute approximate surface area is 88.4 Å². The SMILES string of the molecule is CSCCCN1CCCC(Br)C1. The van der Waals surface area contributed by atoms with E-state index in [0.29, 0.717) is 0 Å². The van der Waals surface area contributed by atoms with E-state index in [1.807, 2.05) is 11.8 Å². The molecule has 0 saturated carbocycles. The average molecular weight is 252 g/mol. The lowest BCUT2D eigenvalue weighted by molar-refractivity contribution is 0.237. The molecule has 12 heavy (non-hydrogen) atoms. The van der Waals surface area contributed by atoms with Gasteiger partial charge in [-0.1, -0.05) is 15.9 Å². The van der Waals surface area contributed by atoms with Crippen LogP contribution in [0.5, 0.6) is 0 Å². The van der Waals surface area contributed by atoms with Crippen molar-refractivity contribution in [2.45, 2.75) is 24.1 Å². The van der Waals surface area contributed by atoms with Gasteiger partial charge in [0.1, 0.15) is 0 Å². The smallest absolute Gasteiger partial charge is 0.0273 e. The second-order valence-corrected chi connectivity index (χ2v) is 5.67. The van der Waals surface area contributed by atoms with E-state index in [2.05, 4.69) is 27.1 Å². The molecule has 0 bridgehead atoms. The first kappa shape index (κ1) is 10.9. The molecule has 0 aromatic rings. The molecule has 1 aliphatic rings. The Bertz CT molecular complexity index is 121. The summed E-state index contributed by atoms with van der Waals surface area (Å²) in [6, 6.07) is 0. The zero-order valence-corrected chi connectivity index (χ0v) is 10.2. The van der Waals surface area contributed by atoms with E-state index in [9.17, 15) is 0 Å². The largest absolute Gasteiger partial charge is 0.302 e. The standard InChI is InChI=1S/C9H18BrNS/c1-12-7-3-6-11-5-2-4-9(10)8-11/h9H,2-8H2,1H3. The van der Waals surface area contributed by atoms with Crippen LogP contribution in [0.4, 0.5) is 0 Å². The maximum absolute atomic E-state index is 3.69. The highest BCUT2D eigenvalue weighted by atomic mass is 79.9. The third-order valence-corrected chi connectivity index (χ3v) is 3.72. The summed E-state index contributed by atoms with van der Waals surface area (Å²) in [6.45, 7) is 3.87. The first-order valence-electron chi connectivity index (χ1n) is 4.68. The predicted molar refractivity (Wildman–Crippen MR) is 61.4 cm³/mol. The van der Waals surface area contributed by atoms with E-state index in [0.717, 1.165) is 4.83 Å². The highest BCUT2D eigenvalue weighted by molar-refractivity contribution is 9.09. The van der Waals surface area contributed by atoms with Crippen LogP contribution in [-0.4, -0.2) is 41.4 Å². The first-order chi connectivity index (χ1) is 5.83. The molecule has 72 valence electrons. The van der Waals surface area contributed by atoms with Gasteiger partial charge in [0, 0.05) is 11.4 Å². The molecule has 0 amide bonds. The Morgan fingerprint density at radius 3 is 3.08 bits per heavy atom. The fourth-order valence-electron chi connectivity index (χ4n) is 1.63. The van der Waals surface area contributed by atoms with Gasteiger partial charge in [0.25, 0.3) is 0 Å². The molecule has 0 aromatic carbocycles. The van der Waals surface area contributed by atoms with Crippen LogP contribution in [0, 0.1) is 0 Å². The summed E-state index contributed by atoms with van der Waals surface area (Å²) in [6.07, 6.45) is 6.26. The Morgan fingerprint density at radius 2 is 2.42 bits per heavy atom. The van der Waals surface area contributed by atoms with Crippen LogP contribution >= 0.6 is 27.7 Å². The fraction of sp³-hybridized carbons (Fsp3) is 1.00. The van der Waals surface area contributed by atoms with Gasteiger partial charge in [-0.05, 0) is 44.4 Å². The molecule has 1 saturated heterocycles. The van der Waals surface area contributed by atoms with Gasteiger partial charge in [0.2, 0.25) is 0 Å². The van der Waals surface area contributed by atoms with Crippen LogP contribution in [0.15, 0.2) is 0 Å². The number of rotatable bonds is 4. The fourth-order valence-corrected chi connectivity index (χ4v) is 2.79. The van der Waals surface area contributed by atoms with Crippen molar-refractivity contribution >= 4 is 27.7 Å². The maximum atomic E-state index is 3.69. The Hall–Kier alpha value is 0.790. The molecule has 0 N–H and O–H groups in total. The second-order valence-electron chi connectivity index (χ2n) is 3.39. The van der Waals surface area contributed by atoms with Crippen molar-refractivity contribution in [3.63, 3.8) is 0 Å². The van der Waals surface area contributed by atoms with E-state index in [-0.39, 0.29) is 0 Å². The lowest BCUT2D eigenvalue weighted by Crippen LogP contribution is -2.36. The molecule has 1 heterocycles. The molecular weight excluding hydrogens is 234 g/mol. The highest BCUT2D eigenvalue weighted by Gasteiger charge is 2.16. The van der Waals surface area contributed by atoms with Crippen molar-refractivity contribution in [1.82, 2.24) is 4.90 Å². The van der Waals surface area contributed by atoms with Gasteiger partial charge in [-0.2, -0.15) is 11.8 Å². The van der Waals surface area contributed by atoms with Crippen molar-refractivity contribution in [3.8, 4) is 0 Å². The number of hydrogen-bond acceptors (Lipinski definition) is 2. The van der Waals surface area contributed by atoms with Gasteiger partial charge in [-0.15, -0.1) is 0 Å². The summed E-state index contributed by atoms with van der Waals surface area (Å²) in [5, 5.41) is 0. The number of thioether (sulfide) groups is 1. The third-order valence-electron chi connectivity index (χ3n) is 2.27. The molecular formula is C9H18BrNS. The monoisotopic (exact) mass is 251 g/mol. The number of halogens is 1. The zero-order chi connectivity index (χ0) is 8.81. The molecule has 1 unspecified atom stereocenters. The maximum Gasteiger partial charge on any atom is 0.0273 e. The summed E-state index contributed by atoms with van der Waals surface area (Å²) in [5.74, 6) is 1.31. The van der Waals surface area contributed by atoms with E-state index in [4.69, 9.17) is 0 Å². The summed E-state index contributed by atoms with van der Waals surface area (Å²) in [4.78, 5) is 3.33. The van der Waals surface area contributed by atoms with Crippen molar-refractivity contribution < 1.29 is 0 Å². The van der Waals surface area contributed by atoms with Crippen molar-refractivity contribution in [1.29, 1.82) is 0 Å². The summed E-state index contributed by atoms with van der Waals surface area (Å²) >= 11 is 5.64. The predicted octanol–water partition coefficient (Wildman–Crippen LogP) is 2.60. The molecule has 1 rings (SSSR count). The van der Waals surface area contributed by atoms with Gasteiger partial charge >= 0.3 is 0 Å². The van der Waals surface area contributed by atoms with Crippen molar-refractivity contribution in [2.75, 3.05) is 31.6 Å². The van der Waals surface area contributed by atoms with Crippen LogP contribution in [0.1, 0.15) is 19.3 Å². The van der Waals surface area contributed by atoms with Crippen LogP contribution in [0.3, 0.4) is 0 Å². The number of alkyl halides is 1. The van der Waals surface area contributed by atoms with Gasteiger partial charge in [0.05, 0.1) is 0 Å². The van der Waals surface area contributed by atoms with Gasteiger partial charge in [-0.25, -0.2) is 0 Å². The number of nitrogens with zero attached hydrogens (tertiary/aromatic N) is 1. The lowest BCUT2D eigenvalue weighted by Gasteiger charge is -2.29. The van der Waals surface area contributed by atoms with E-state index < -0.39 is 0 Å². The zero-order valence-electron chi connectivity index (χ0n) is 7.76. The molecule has 1 fully saturated rings. The highest BCUT2D eigenvalue weighted by Crippen LogP contribution is 2.16. The summed E-state index contributed by atoms with van der Waals surface area (Å²) in [7, 11) is 0. The topological polar surface area (TPSA) is 3.24 Å². The minimum absolute atomic E-state index is 0.750. The average Bonchev–Trinajstić information content (AvgIpc) is 2.05. The van der Waals surface area contributed by atoms with Gasteiger partial charge < -0.3 is 4.90 Å². The van der Waals surface area contributed by atoms with Crippen molar-refractivity contribution in [3.05, 3.63) is 0 Å². The molecule has 3 heteroatoms. The minimum Gasteiger partial charge on any atom is -0.302 e. The van der Waals surface area contributed by atoms with Gasteiger partial charge in [0.15, 0.2) is 0 Å². The van der Waals surface area contributed by atoms with Gasteiger partial charge in [-0.3, -0.25) is 0 Å². The normalized spacial score (nSPS) is 26.0. The first-order valence-corrected chi connectivity index (χ1v) is 6.99. The molecule has 0 aromatic heterocycles. The number of likely N-dealkylation sites (tertiary alicyclic amines) is 1. The van der Waals surface area contributed by atoms with E-state index in [1.165, 1.54) is 44.6 Å². The number of hydrogen-bond donors (Lipinski definition) is 0. The van der Waals surface area contributed by atoms with Crippen LogP contribution < -0.4 is 0 Å². The van der Waals surface area contributed by atoms with Crippen molar-refractivity contribution in [2.24, 2.45) is 0 Å². The summed E-state index contributed by atoms with van der Waals surface area (Å²) in [5.41, 5.74) is 0. The third kappa shape index (κ3) is 4.15. The Balaban J connectivity index is 2.06. The molecule has 0 spiro atoms. The molecule has 0 radical (unpaired) electrons. The van der Waals surface area contributed by atoms with Crippen LogP contribution in [-0.2, 0) is 0 Å². The van der Waals surface area contributed by atoms with Crippen LogP contribution in [0.25, 0.3) is 0 Å². The number of piperidine rings is 1. The molecule has 0 aliphatic carbocycles. The van der Waals surface area contributed by atoms with E-state index in [1.54, 1.807) is 0 Å². The second kappa shape index (κ2) is 6.28.